The molecule has 1 rings (SSSR count). The maximum Gasteiger partial charge on any atom is 0.320 e. The van der Waals surface area contributed by atoms with Gasteiger partial charge in [0.25, 0.3) is 0 Å². The Bertz CT molecular complexity index is 350. The van der Waals surface area contributed by atoms with Crippen LogP contribution >= 0.6 is 0 Å². The molecule has 1 unspecified atom stereocenters. The molecule has 14 heavy (non-hydrogen) atoms. The summed E-state index contributed by atoms with van der Waals surface area (Å²) in [6.07, 6.45) is 0.305. The first-order valence-electron chi connectivity index (χ1n) is 4.34. The summed E-state index contributed by atoms with van der Waals surface area (Å²) in [5, 5.41) is 8.61. The molecule has 0 heterocycles. The fourth-order valence-corrected chi connectivity index (χ4v) is 1.16. The van der Waals surface area contributed by atoms with Crippen LogP contribution in [0.2, 0.25) is 0 Å². The average molecular weight is 194 g/mol. The monoisotopic (exact) mass is 194 g/mol. The van der Waals surface area contributed by atoms with Crippen molar-refractivity contribution < 1.29 is 9.90 Å². The highest BCUT2D eigenvalue weighted by Crippen LogP contribution is 2.13. The normalized spacial score (nSPS) is 12.4. The number of hydrogen-bond donors (Lipinski definition) is 3. The summed E-state index contributed by atoms with van der Waals surface area (Å²) in [4.78, 5) is 10.5. The van der Waals surface area contributed by atoms with E-state index in [9.17, 15) is 4.79 Å². The zero-order chi connectivity index (χ0) is 10.7. The van der Waals surface area contributed by atoms with E-state index in [1.807, 2.05) is 19.1 Å². The van der Waals surface area contributed by atoms with Gasteiger partial charge in [0.2, 0.25) is 0 Å². The Morgan fingerprint density at radius 3 is 2.71 bits per heavy atom. The summed E-state index contributed by atoms with van der Waals surface area (Å²) in [7, 11) is 0. The highest BCUT2D eigenvalue weighted by atomic mass is 16.4. The van der Waals surface area contributed by atoms with E-state index in [0.29, 0.717) is 12.1 Å². The van der Waals surface area contributed by atoms with E-state index >= 15 is 0 Å². The molecule has 0 aliphatic carbocycles. The van der Waals surface area contributed by atoms with Gasteiger partial charge in [-0.2, -0.15) is 0 Å². The molecule has 4 heteroatoms. The third-order valence-corrected chi connectivity index (χ3v) is 2.12. The highest BCUT2D eigenvalue weighted by molar-refractivity contribution is 5.73. The van der Waals surface area contributed by atoms with Crippen molar-refractivity contribution in [2.75, 3.05) is 5.73 Å². The topological polar surface area (TPSA) is 89.3 Å². The lowest BCUT2D eigenvalue weighted by Crippen LogP contribution is -2.32. The van der Waals surface area contributed by atoms with E-state index in [2.05, 4.69) is 0 Å². The molecule has 0 saturated heterocycles. The van der Waals surface area contributed by atoms with Crippen LogP contribution in [0.1, 0.15) is 11.1 Å². The number of carboxylic acid groups (broad SMARTS) is 1. The van der Waals surface area contributed by atoms with Gasteiger partial charge in [-0.1, -0.05) is 12.1 Å². The Morgan fingerprint density at radius 1 is 1.57 bits per heavy atom. The molecule has 4 nitrogen and oxygen atoms in total. The van der Waals surface area contributed by atoms with Gasteiger partial charge in [-0.05, 0) is 30.5 Å². The number of carboxylic acids is 1. The van der Waals surface area contributed by atoms with Gasteiger partial charge in [0.05, 0.1) is 0 Å². The molecule has 0 radical (unpaired) electrons. The summed E-state index contributed by atoms with van der Waals surface area (Å²) < 4.78 is 0. The van der Waals surface area contributed by atoms with Gasteiger partial charge in [0.15, 0.2) is 0 Å². The number of aliphatic carboxylic acids is 1. The van der Waals surface area contributed by atoms with Crippen LogP contribution in [0.25, 0.3) is 0 Å². The molecular weight excluding hydrogens is 180 g/mol. The number of rotatable bonds is 3. The third-order valence-electron chi connectivity index (χ3n) is 2.12. The van der Waals surface area contributed by atoms with Crippen LogP contribution in [0.5, 0.6) is 0 Å². The molecule has 0 aliphatic rings. The molecule has 0 amide bonds. The highest BCUT2D eigenvalue weighted by Gasteiger charge is 2.12. The number of anilines is 1. The summed E-state index contributed by atoms with van der Waals surface area (Å²) >= 11 is 0. The van der Waals surface area contributed by atoms with Gasteiger partial charge in [-0.25, -0.2) is 0 Å². The molecule has 0 bridgehead atoms. The molecular formula is C10H14N2O2. The Morgan fingerprint density at radius 2 is 2.21 bits per heavy atom. The maximum absolute atomic E-state index is 10.5. The van der Waals surface area contributed by atoms with Crippen molar-refractivity contribution in [3.05, 3.63) is 29.3 Å². The molecule has 0 fully saturated rings. The summed E-state index contributed by atoms with van der Waals surface area (Å²) in [5.41, 5.74) is 13.6. The largest absolute Gasteiger partial charge is 0.480 e. The van der Waals surface area contributed by atoms with Gasteiger partial charge in [0.1, 0.15) is 6.04 Å². The van der Waals surface area contributed by atoms with Gasteiger partial charge in [-0.3, -0.25) is 4.79 Å². The van der Waals surface area contributed by atoms with Crippen LogP contribution in [0, 0.1) is 6.92 Å². The third kappa shape index (κ3) is 2.47. The lowest BCUT2D eigenvalue weighted by molar-refractivity contribution is -0.138. The quantitative estimate of drug-likeness (QED) is 0.612. The minimum absolute atomic E-state index is 0.305. The van der Waals surface area contributed by atoms with Crippen molar-refractivity contribution in [3.63, 3.8) is 0 Å². The van der Waals surface area contributed by atoms with Crippen molar-refractivity contribution >= 4 is 11.7 Å². The van der Waals surface area contributed by atoms with Crippen molar-refractivity contribution in [1.82, 2.24) is 0 Å². The number of nitrogens with two attached hydrogens (primary N) is 2. The van der Waals surface area contributed by atoms with Crippen molar-refractivity contribution in [1.29, 1.82) is 0 Å². The molecule has 0 aromatic heterocycles. The Balaban J connectivity index is 2.78. The minimum Gasteiger partial charge on any atom is -0.480 e. The number of carbonyl (C=O) groups is 1. The van der Waals surface area contributed by atoms with E-state index < -0.39 is 12.0 Å². The Labute approximate surface area is 82.5 Å². The lowest BCUT2D eigenvalue weighted by atomic mass is 10.0. The second-order valence-electron chi connectivity index (χ2n) is 3.34. The fourth-order valence-electron chi connectivity index (χ4n) is 1.16. The van der Waals surface area contributed by atoms with Crippen LogP contribution in [0.15, 0.2) is 18.2 Å². The molecule has 1 aromatic rings. The van der Waals surface area contributed by atoms with Gasteiger partial charge in [-0.15, -0.1) is 0 Å². The number of benzene rings is 1. The van der Waals surface area contributed by atoms with Crippen LogP contribution in [-0.2, 0) is 11.2 Å². The standard InChI is InChI=1S/C10H14N2O2/c1-6-2-3-7(4-8(6)11)5-9(12)10(13)14/h2-4,9H,5,11-12H2,1H3,(H,13,14). The van der Waals surface area contributed by atoms with Crippen LogP contribution in [-0.4, -0.2) is 17.1 Å². The molecule has 1 atom stereocenters. The predicted octanol–water partition coefficient (Wildman–Crippen LogP) is 0.532. The maximum atomic E-state index is 10.5. The first kappa shape index (κ1) is 10.5. The predicted molar refractivity (Wildman–Crippen MR) is 54.9 cm³/mol. The van der Waals surface area contributed by atoms with Crippen LogP contribution in [0.3, 0.4) is 0 Å². The van der Waals surface area contributed by atoms with Crippen molar-refractivity contribution in [2.24, 2.45) is 5.73 Å². The van der Waals surface area contributed by atoms with E-state index in [1.54, 1.807) is 6.07 Å². The summed E-state index contributed by atoms with van der Waals surface area (Å²) in [5.74, 6) is -0.996. The Kier molecular flexibility index (Phi) is 3.09. The lowest BCUT2D eigenvalue weighted by Gasteiger charge is -2.08. The van der Waals surface area contributed by atoms with E-state index in [0.717, 1.165) is 11.1 Å². The van der Waals surface area contributed by atoms with Gasteiger partial charge < -0.3 is 16.6 Å². The average Bonchev–Trinajstić information content (AvgIpc) is 2.11. The summed E-state index contributed by atoms with van der Waals surface area (Å²) in [6, 6.07) is 4.60. The molecule has 76 valence electrons. The SMILES string of the molecule is Cc1ccc(CC(N)C(=O)O)cc1N. The van der Waals surface area contributed by atoms with E-state index in [1.165, 1.54) is 0 Å². The minimum atomic E-state index is -0.996. The fraction of sp³-hybridized carbons (Fsp3) is 0.300. The van der Waals surface area contributed by atoms with Crippen molar-refractivity contribution in [3.8, 4) is 0 Å². The molecule has 0 saturated carbocycles. The Hall–Kier alpha value is -1.55. The van der Waals surface area contributed by atoms with Crippen LogP contribution < -0.4 is 11.5 Å². The zero-order valence-electron chi connectivity index (χ0n) is 8.03. The smallest absolute Gasteiger partial charge is 0.320 e. The first-order chi connectivity index (χ1) is 6.50. The van der Waals surface area contributed by atoms with E-state index in [4.69, 9.17) is 16.6 Å². The molecule has 1 aromatic carbocycles. The number of aryl methyl sites for hydroxylation is 1. The first-order valence-corrected chi connectivity index (χ1v) is 4.34. The van der Waals surface area contributed by atoms with Crippen LogP contribution in [0.4, 0.5) is 5.69 Å². The second-order valence-corrected chi connectivity index (χ2v) is 3.34. The van der Waals surface area contributed by atoms with E-state index in [-0.39, 0.29) is 0 Å². The summed E-state index contributed by atoms with van der Waals surface area (Å²) in [6.45, 7) is 1.90. The number of nitrogen functional groups attached to an aromatic ring is 1. The molecule has 0 spiro atoms. The zero-order valence-corrected chi connectivity index (χ0v) is 8.03. The molecule has 0 aliphatic heterocycles. The second kappa shape index (κ2) is 4.11. The van der Waals surface area contributed by atoms with Gasteiger partial charge >= 0.3 is 5.97 Å². The number of hydrogen-bond acceptors (Lipinski definition) is 3. The molecule has 5 N–H and O–H groups in total. The van der Waals surface area contributed by atoms with Gasteiger partial charge in [0, 0.05) is 5.69 Å². The van der Waals surface area contributed by atoms with Crippen molar-refractivity contribution in [2.45, 2.75) is 19.4 Å².